The Kier molecular flexibility index (Phi) is 18.3. The van der Waals surface area contributed by atoms with Gasteiger partial charge in [0.2, 0.25) is 5.89 Å². The van der Waals surface area contributed by atoms with Crippen LogP contribution in [0.1, 0.15) is 146 Å². The Morgan fingerprint density at radius 2 is 1.38 bits per heavy atom. The highest BCUT2D eigenvalue weighted by Gasteiger charge is 2.23. The van der Waals surface area contributed by atoms with Crippen molar-refractivity contribution in [3.63, 3.8) is 0 Å². The first-order chi connectivity index (χ1) is 24.9. The lowest BCUT2D eigenvalue weighted by molar-refractivity contribution is 0.241. The van der Waals surface area contributed by atoms with Crippen molar-refractivity contribution >= 4 is 9.84 Å². The second kappa shape index (κ2) is 20.4. The van der Waals surface area contributed by atoms with Crippen LogP contribution in [-0.4, -0.2) is 99.6 Å². The molecule has 1 saturated heterocycles. The van der Waals surface area contributed by atoms with Crippen LogP contribution in [0.3, 0.4) is 0 Å². The number of rotatable bonds is 4. The lowest BCUT2D eigenvalue weighted by atomic mass is 9.93. The molecule has 0 amide bonds. The average Bonchev–Trinajstić information content (AvgIpc) is 3.84. The molecule has 16 nitrogen and oxygen atoms in total. The Hall–Kier alpha value is -3.73. The van der Waals surface area contributed by atoms with Gasteiger partial charge in [-0.2, -0.15) is 5.10 Å². The van der Waals surface area contributed by atoms with Crippen LogP contribution in [0.2, 0.25) is 0 Å². The zero-order valence-corrected chi connectivity index (χ0v) is 37.7. The molecule has 1 fully saturated rings. The SMILES string of the molecule is CC(C)(C)CS(=O)(=O)CCN1CCCCC1.CC(C)(C)c1n[nH]c(=O)o1.CC(C)(C)c1ncn[nH]1.Cn1cc(C(C)(C)C)nn1.Cn1cnnc1C(C)(C)C. The van der Waals surface area contributed by atoms with Gasteiger partial charge in [-0.1, -0.05) is 115 Å². The van der Waals surface area contributed by atoms with E-state index < -0.39 is 15.6 Å². The third-order valence-corrected chi connectivity index (χ3v) is 9.89. The standard InChI is InChI=1S/C12H25NO2S.2C7H13N3.C6H11N3.C6H10N2O2/c1-12(2,3)11-16(14,15)10-9-13-7-5-4-6-8-13;1-7(2,3)6-9-8-5-10(6)4;1-7(2,3)6-5-10(4)9-8-6;1-6(2,3)5-7-4-8-9-5;1-6(2,3)4-7-8-5(9)10-4/h4-11H2,1-3H3;2*5H,1-4H3;4H,1-3H3,(H,7,8,9);1-3H3,(H,8,9). The molecular formula is C38H72N12O4S. The van der Waals surface area contributed by atoms with Crippen LogP contribution in [0.4, 0.5) is 0 Å². The summed E-state index contributed by atoms with van der Waals surface area (Å²) in [6, 6.07) is 0. The second-order valence-electron chi connectivity index (χ2n) is 19.4. The van der Waals surface area contributed by atoms with Gasteiger partial charge in [0.1, 0.15) is 24.3 Å². The van der Waals surface area contributed by atoms with Gasteiger partial charge < -0.3 is 13.9 Å². The number of aryl methyl sites for hydroxylation is 2. The Balaban J connectivity index is 0.000000350. The van der Waals surface area contributed by atoms with Gasteiger partial charge in [0.25, 0.3) is 0 Å². The molecule has 0 aliphatic carbocycles. The van der Waals surface area contributed by atoms with Crippen molar-refractivity contribution in [2.24, 2.45) is 19.5 Å². The van der Waals surface area contributed by atoms with Gasteiger partial charge in [0.05, 0.1) is 17.2 Å². The molecule has 5 rings (SSSR count). The number of hydrogen-bond acceptors (Lipinski definition) is 12. The molecule has 0 saturated carbocycles. The first-order valence-electron chi connectivity index (χ1n) is 19.0. The molecule has 1 aliphatic rings. The van der Waals surface area contributed by atoms with E-state index in [0.29, 0.717) is 17.4 Å². The van der Waals surface area contributed by atoms with Gasteiger partial charge in [-0.3, -0.25) is 9.78 Å². The number of likely N-dealkylation sites (tertiary alicyclic amines) is 1. The van der Waals surface area contributed by atoms with Crippen molar-refractivity contribution in [1.82, 2.24) is 60.0 Å². The van der Waals surface area contributed by atoms with Gasteiger partial charge in [-0.25, -0.2) is 23.3 Å². The number of sulfone groups is 1. The third-order valence-electron chi connectivity index (χ3n) is 7.78. The highest BCUT2D eigenvalue weighted by atomic mass is 32.2. The number of nitrogens with zero attached hydrogens (tertiary/aromatic N) is 10. The molecule has 4 aromatic rings. The summed E-state index contributed by atoms with van der Waals surface area (Å²) in [6.45, 7) is 33.6. The van der Waals surface area contributed by atoms with Crippen LogP contribution >= 0.6 is 0 Å². The van der Waals surface area contributed by atoms with Crippen LogP contribution < -0.4 is 5.76 Å². The van der Waals surface area contributed by atoms with Crippen molar-refractivity contribution in [2.75, 3.05) is 31.1 Å². The average molecular weight is 793 g/mol. The van der Waals surface area contributed by atoms with Crippen molar-refractivity contribution in [2.45, 2.75) is 145 Å². The number of aromatic nitrogens is 11. The van der Waals surface area contributed by atoms with Gasteiger partial charge in [0.15, 0.2) is 9.84 Å². The quantitative estimate of drug-likeness (QED) is 0.248. The number of hydrogen-bond donors (Lipinski definition) is 2. The first-order valence-corrected chi connectivity index (χ1v) is 20.8. The Bertz CT molecular complexity index is 1800. The largest absolute Gasteiger partial charge is 0.434 e. The maximum absolute atomic E-state index is 11.9. The minimum atomic E-state index is -2.88. The zero-order valence-electron chi connectivity index (χ0n) is 36.9. The molecule has 1 aliphatic heterocycles. The number of H-pyrrole nitrogens is 2. The van der Waals surface area contributed by atoms with E-state index in [1.807, 2.05) is 66.4 Å². The topological polar surface area (TPSA) is 199 Å². The third kappa shape index (κ3) is 20.7. The van der Waals surface area contributed by atoms with E-state index in [0.717, 1.165) is 37.0 Å². The molecule has 0 radical (unpaired) electrons. The predicted octanol–water partition coefficient (Wildman–Crippen LogP) is 5.92. The maximum Gasteiger partial charge on any atom is 0.434 e. The summed E-state index contributed by atoms with van der Waals surface area (Å²) >= 11 is 0. The molecule has 5 heterocycles. The lowest BCUT2D eigenvalue weighted by Crippen LogP contribution is -2.35. The molecule has 0 unspecified atom stereocenters. The number of aromatic amines is 2. The summed E-state index contributed by atoms with van der Waals surface area (Å²) in [5, 5.41) is 28.1. The molecule has 4 aromatic heterocycles. The minimum Gasteiger partial charge on any atom is -0.392 e. The Morgan fingerprint density at radius 3 is 1.67 bits per heavy atom. The van der Waals surface area contributed by atoms with Crippen LogP contribution in [0, 0.1) is 5.41 Å². The molecule has 17 heteroatoms. The summed E-state index contributed by atoms with van der Waals surface area (Å²) in [5.74, 6) is 2.52. The molecule has 314 valence electrons. The zero-order chi connectivity index (χ0) is 42.5. The second-order valence-corrected chi connectivity index (χ2v) is 21.5. The maximum atomic E-state index is 11.9. The summed E-state index contributed by atoms with van der Waals surface area (Å²) in [4.78, 5) is 16.8. The fourth-order valence-electron chi connectivity index (χ4n) is 4.95. The molecular weight excluding hydrogens is 721 g/mol. The van der Waals surface area contributed by atoms with Crippen LogP contribution in [0.5, 0.6) is 0 Å². The van der Waals surface area contributed by atoms with Crippen molar-refractivity contribution in [3.8, 4) is 0 Å². The van der Waals surface area contributed by atoms with Crippen molar-refractivity contribution in [3.05, 3.63) is 52.6 Å². The highest BCUT2D eigenvalue weighted by molar-refractivity contribution is 7.91. The van der Waals surface area contributed by atoms with Crippen molar-refractivity contribution in [1.29, 1.82) is 0 Å². The van der Waals surface area contributed by atoms with Gasteiger partial charge in [-0.05, 0) is 31.3 Å². The highest BCUT2D eigenvalue weighted by Crippen LogP contribution is 2.20. The van der Waals surface area contributed by atoms with Crippen molar-refractivity contribution < 1.29 is 12.8 Å². The predicted molar refractivity (Wildman–Crippen MR) is 219 cm³/mol. The molecule has 2 N–H and O–H groups in total. The van der Waals surface area contributed by atoms with Gasteiger partial charge >= 0.3 is 5.76 Å². The first kappa shape index (κ1) is 49.3. The van der Waals surface area contributed by atoms with Gasteiger partial charge in [0, 0.05) is 48.5 Å². The summed E-state index contributed by atoms with van der Waals surface area (Å²) < 4.78 is 32.1. The van der Waals surface area contributed by atoms with E-state index in [9.17, 15) is 13.2 Å². The smallest absolute Gasteiger partial charge is 0.392 e. The summed E-state index contributed by atoms with van der Waals surface area (Å²) in [7, 11) is 0.956. The Morgan fingerprint density at radius 1 is 0.782 bits per heavy atom. The fourth-order valence-corrected chi connectivity index (χ4v) is 6.95. The van der Waals surface area contributed by atoms with E-state index in [4.69, 9.17) is 4.42 Å². The van der Waals surface area contributed by atoms with Crippen LogP contribution in [0.15, 0.2) is 28.1 Å². The molecule has 0 bridgehead atoms. The summed E-state index contributed by atoms with van der Waals surface area (Å²) in [6.07, 6.45) is 8.94. The molecule has 0 aromatic carbocycles. The Labute approximate surface area is 330 Å². The van der Waals surface area contributed by atoms with Gasteiger partial charge in [-0.15, -0.1) is 20.4 Å². The van der Waals surface area contributed by atoms with Crippen LogP contribution in [0.25, 0.3) is 0 Å². The number of piperidine rings is 1. The molecule has 0 spiro atoms. The van der Waals surface area contributed by atoms with E-state index in [1.165, 1.54) is 25.6 Å². The van der Waals surface area contributed by atoms with E-state index in [1.54, 1.807) is 11.0 Å². The van der Waals surface area contributed by atoms with E-state index >= 15 is 0 Å². The molecule has 0 atom stereocenters. The van der Waals surface area contributed by atoms with E-state index in [2.05, 4.69) is 113 Å². The monoisotopic (exact) mass is 793 g/mol. The normalized spacial score (nSPS) is 14.3. The van der Waals surface area contributed by atoms with Crippen LogP contribution in [-0.2, 0) is 45.6 Å². The minimum absolute atomic E-state index is 0.0938. The molecule has 55 heavy (non-hydrogen) atoms. The fraction of sp³-hybridized carbons (Fsp3) is 0.789. The number of nitrogens with one attached hydrogen (secondary N) is 2. The van der Waals surface area contributed by atoms with E-state index in [-0.39, 0.29) is 27.1 Å². The lowest BCUT2D eigenvalue weighted by Gasteiger charge is -2.26. The summed E-state index contributed by atoms with van der Waals surface area (Å²) in [5.41, 5.74) is 1.03.